The van der Waals surface area contributed by atoms with Crippen molar-refractivity contribution in [3.63, 3.8) is 0 Å². The summed E-state index contributed by atoms with van der Waals surface area (Å²) in [5.41, 5.74) is 7.63. The Balaban J connectivity index is 1.84. The van der Waals surface area contributed by atoms with Crippen LogP contribution in [0.4, 0.5) is 0 Å². The lowest BCUT2D eigenvalue weighted by Crippen LogP contribution is -2.15. The van der Waals surface area contributed by atoms with E-state index in [-0.39, 0.29) is 5.92 Å². The molecular weight excluding hydrogens is 360 g/mol. The maximum absolute atomic E-state index is 9.70. The third-order valence-electron chi connectivity index (χ3n) is 5.92. The van der Waals surface area contributed by atoms with E-state index < -0.39 is 0 Å². The minimum absolute atomic E-state index is 0.279. The summed E-state index contributed by atoms with van der Waals surface area (Å²) in [4.78, 5) is 0. The third-order valence-corrected chi connectivity index (χ3v) is 5.92. The topological polar surface area (TPSA) is 38.7 Å². The van der Waals surface area contributed by atoms with Gasteiger partial charge in [-0.05, 0) is 71.5 Å². The molecule has 0 saturated carbocycles. The van der Waals surface area contributed by atoms with E-state index in [2.05, 4.69) is 31.2 Å². The van der Waals surface area contributed by atoms with Gasteiger partial charge < -0.3 is 14.6 Å². The van der Waals surface area contributed by atoms with Crippen molar-refractivity contribution in [3.8, 4) is 17.2 Å². The first-order valence-electron chi connectivity index (χ1n) is 9.88. The number of benzene rings is 3. The van der Waals surface area contributed by atoms with Crippen molar-refractivity contribution in [1.29, 1.82) is 0 Å². The molecule has 0 fully saturated rings. The van der Waals surface area contributed by atoms with Crippen molar-refractivity contribution in [2.24, 2.45) is 0 Å². The van der Waals surface area contributed by atoms with Crippen LogP contribution in [0.1, 0.15) is 35.1 Å². The van der Waals surface area contributed by atoms with Gasteiger partial charge in [-0.25, -0.2) is 0 Å². The Morgan fingerprint density at radius 1 is 0.931 bits per heavy atom. The van der Waals surface area contributed by atoms with Crippen LogP contribution < -0.4 is 9.47 Å². The molecule has 1 aliphatic carbocycles. The molecule has 3 aromatic carbocycles. The molecule has 0 radical (unpaired) electrons. The van der Waals surface area contributed by atoms with Crippen LogP contribution in [0.3, 0.4) is 0 Å². The molecular formula is C26H26O3. The number of hydrogen-bond donors (Lipinski definition) is 1. The highest BCUT2D eigenvalue weighted by atomic mass is 16.5. The predicted molar refractivity (Wildman–Crippen MR) is 117 cm³/mol. The van der Waals surface area contributed by atoms with Crippen LogP contribution in [0.15, 0.2) is 72.3 Å². The molecule has 4 rings (SSSR count). The summed E-state index contributed by atoms with van der Waals surface area (Å²) in [6.45, 7) is 2.23. The van der Waals surface area contributed by atoms with Gasteiger partial charge in [0.25, 0.3) is 0 Å². The average Bonchev–Trinajstić information content (AvgIpc) is 2.76. The van der Waals surface area contributed by atoms with E-state index in [1.165, 1.54) is 33.4 Å². The summed E-state index contributed by atoms with van der Waals surface area (Å²) >= 11 is 0. The second-order valence-corrected chi connectivity index (χ2v) is 7.52. The molecule has 3 heteroatoms. The second-order valence-electron chi connectivity index (χ2n) is 7.52. The van der Waals surface area contributed by atoms with Gasteiger partial charge in [-0.3, -0.25) is 0 Å². The Hall–Kier alpha value is -3.20. The van der Waals surface area contributed by atoms with Crippen molar-refractivity contribution in [1.82, 2.24) is 0 Å². The van der Waals surface area contributed by atoms with E-state index in [1.807, 2.05) is 30.3 Å². The highest BCUT2D eigenvalue weighted by Crippen LogP contribution is 2.43. The molecule has 0 heterocycles. The molecule has 3 nitrogen and oxygen atoms in total. The van der Waals surface area contributed by atoms with Crippen molar-refractivity contribution < 1.29 is 14.6 Å². The third kappa shape index (κ3) is 3.73. The van der Waals surface area contributed by atoms with Crippen LogP contribution in [-0.4, -0.2) is 19.3 Å². The van der Waals surface area contributed by atoms with Gasteiger partial charge in [-0.1, -0.05) is 42.0 Å². The van der Waals surface area contributed by atoms with Crippen molar-refractivity contribution in [3.05, 3.63) is 94.6 Å². The monoisotopic (exact) mass is 386 g/mol. The maximum atomic E-state index is 9.70. The van der Waals surface area contributed by atoms with Crippen molar-refractivity contribution in [2.75, 3.05) is 14.2 Å². The number of aromatic hydroxyl groups is 1. The number of rotatable bonds is 5. The first-order chi connectivity index (χ1) is 14.1. The number of hydrogen-bond acceptors (Lipinski definition) is 3. The fourth-order valence-corrected chi connectivity index (χ4v) is 4.29. The number of phenolic OH excluding ortho intramolecular Hbond substituents is 1. The Kier molecular flexibility index (Phi) is 5.30. The van der Waals surface area contributed by atoms with Gasteiger partial charge in [-0.2, -0.15) is 0 Å². The van der Waals surface area contributed by atoms with E-state index in [1.54, 1.807) is 26.4 Å². The van der Waals surface area contributed by atoms with Gasteiger partial charge in [0.05, 0.1) is 14.2 Å². The lowest BCUT2D eigenvalue weighted by atomic mass is 9.74. The van der Waals surface area contributed by atoms with Crippen LogP contribution in [0.25, 0.3) is 5.57 Å². The van der Waals surface area contributed by atoms with Gasteiger partial charge in [0.15, 0.2) is 0 Å². The van der Waals surface area contributed by atoms with E-state index in [0.29, 0.717) is 5.75 Å². The molecule has 148 valence electrons. The fraction of sp³-hybridized carbons (Fsp3) is 0.231. The standard InChI is InChI=1S/C26H26O3/c1-17-23(18-8-11-21(27)12-9-18)14-19-10-13-22(28-2)16-25(19)24(17)15-20-6-4-5-7-26(20)29-3/h4-13,16,23,27H,14-15H2,1-3H3. The van der Waals surface area contributed by atoms with Crippen LogP contribution in [-0.2, 0) is 12.8 Å². The van der Waals surface area contributed by atoms with Crippen molar-refractivity contribution >= 4 is 5.57 Å². The number of ether oxygens (including phenoxy) is 2. The zero-order valence-electron chi connectivity index (χ0n) is 17.1. The molecule has 1 atom stereocenters. The molecule has 29 heavy (non-hydrogen) atoms. The minimum atomic E-state index is 0.279. The summed E-state index contributed by atoms with van der Waals surface area (Å²) in [5, 5.41) is 9.70. The predicted octanol–water partition coefficient (Wildman–Crippen LogP) is 5.77. The number of phenols is 1. The highest BCUT2D eigenvalue weighted by Gasteiger charge is 2.27. The fourth-order valence-electron chi connectivity index (χ4n) is 4.29. The van der Waals surface area contributed by atoms with Gasteiger partial charge in [0, 0.05) is 12.3 Å². The number of para-hydroxylation sites is 1. The summed E-state index contributed by atoms with van der Waals surface area (Å²) in [6, 6.07) is 22.2. The Labute approximate surface area is 172 Å². The minimum Gasteiger partial charge on any atom is -0.508 e. The lowest BCUT2D eigenvalue weighted by Gasteiger charge is -2.30. The van der Waals surface area contributed by atoms with E-state index in [0.717, 1.165) is 24.3 Å². The van der Waals surface area contributed by atoms with Crippen LogP contribution >= 0.6 is 0 Å². The SMILES string of the molecule is COc1ccc2c(c1)C(Cc1ccccc1OC)=C(C)C(c1ccc(O)cc1)C2. The Morgan fingerprint density at radius 2 is 1.69 bits per heavy atom. The number of allylic oxidation sites excluding steroid dienone is 2. The van der Waals surface area contributed by atoms with E-state index >= 15 is 0 Å². The second kappa shape index (κ2) is 8.04. The van der Waals surface area contributed by atoms with Gasteiger partial charge in [0.2, 0.25) is 0 Å². The van der Waals surface area contributed by atoms with Gasteiger partial charge >= 0.3 is 0 Å². The molecule has 3 aromatic rings. The number of methoxy groups -OCH3 is 2. The van der Waals surface area contributed by atoms with E-state index in [9.17, 15) is 5.11 Å². The molecule has 1 N–H and O–H groups in total. The quantitative estimate of drug-likeness (QED) is 0.605. The zero-order valence-corrected chi connectivity index (χ0v) is 17.1. The maximum Gasteiger partial charge on any atom is 0.122 e. The highest BCUT2D eigenvalue weighted by molar-refractivity contribution is 5.77. The van der Waals surface area contributed by atoms with Crippen LogP contribution in [0.2, 0.25) is 0 Å². The lowest BCUT2D eigenvalue weighted by molar-refractivity contribution is 0.411. The molecule has 0 aromatic heterocycles. The Bertz CT molecular complexity index is 1050. The smallest absolute Gasteiger partial charge is 0.122 e. The first kappa shape index (κ1) is 19.1. The summed E-state index contributed by atoms with van der Waals surface area (Å²) < 4.78 is 11.1. The molecule has 0 aliphatic heterocycles. The number of fused-ring (bicyclic) bond motifs is 1. The Morgan fingerprint density at radius 3 is 2.41 bits per heavy atom. The van der Waals surface area contributed by atoms with Crippen molar-refractivity contribution in [2.45, 2.75) is 25.7 Å². The summed E-state index contributed by atoms with van der Waals surface area (Å²) in [7, 11) is 3.43. The van der Waals surface area contributed by atoms with Crippen LogP contribution in [0, 0.1) is 0 Å². The van der Waals surface area contributed by atoms with Crippen LogP contribution in [0.5, 0.6) is 17.2 Å². The zero-order chi connectivity index (χ0) is 20.4. The summed E-state index contributed by atoms with van der Waals surface area (Å²) in [6.07, 6.45) is 1.73. The van der Waals surface area contributed by atoms with Gasteiger partial charge in [0.1, 0.15) is 17.2 Å². The molecule has 0 saturated heterocycles. The average molecular weight is 386 g/mol. The van der Waals surface area contributed by atoms with Gasteiger partial charge in [-0.15, -0.1) is 0 Å². The van der Waals surface area contributed by atoms with E-state index in [4.69, 9.17) is 9.47 Å². The normalized spacial score (nSPS) is 15.8. The molecule has 1 unspecified atom stereocenters. The molecule has 1 aliphatic rings. The molecule has 0 spiro atoms. The largest absolute Gasteiger partial charge is 0.508 e. The summed E-state index contributed by atoms with van der Waals surface area (Å²) in [5.74, 6) is 2.35. The first-order valence-corrected chi connectivity index (χ1v) is 9.88. The molecule has 0 amide bonds. The molecule has 0 bridgehead atoms.